The number of hydrogen-bond donors (Lipinski definition) is 0. The first-order valence-electron chi connectivity index (χ1n) is 2.62. The molecule has 72 valence electrons. The second-order valence-corrected chi connectivity index (χ2v) is 2.83. The van der Waals surface area contributed by atoms with Crippen LogP contribution in [0.2, 0.25) is 0 Å². The average molecular weight is 271 g/mol. The summed E-state index contributed by atoms with van der Waals surface area (Å²) in [6.45, 7) is 3.78. The Labute approximate surface area is 134 Å². The van der Waals surface area contributed by atoms with Crippen molar-refractivity contribution in [1.82, 2.24) is 0 Å². The summed E-state index contributed by atoms with van der Waals surface area (Å²) in [7, 11) is -5.17. The molecule has 0 saturated carbocycles. The molecule has 9 heteroatoms. The van der Waals surface area contributed by atoms with E-state index in [1.165, 1.54) is 0 Å². The smallest absolute Gasteiger partial charge is 0.759 e. The minimum Gasteiger partial charge on any atom is -0.759 e. The molecule has 0 amide bonds. The number of alkyl halides is 2. The Bertz CT molecular complexity index is 131. The van der Waals surface area contributed by atoms with Gasteiger partial charge < -0.3 is 9.11 Å². The molecule has 0 spiro atoms. The molecule has 0 bridgehead atoms. The Hall–Kier alpha value is 2.45. The molecule has 13 heavy (non-hydrogen) atoms. The SMILES string of the molecule is CCCl.CCCl.O=S(=O)([O-])[O-].[Na+].[Na+]. The third kappa shape index (κ3) is 373. The van der Waals surface area contributed by atoms with E-state index in [9.17, 15) is 0 Å². The third-order valence-electron chi connectivity index (χ3n) is 0. The van der Waals surface area contributed by atoms with Crippen LogP contribution in [0.4, 0.5) is 0 Å². The van der Waals surface area contributed by atoms with Crippen LogP contribution >= 0.6 is 23.2 Å². The molecule has 0 saturated heterocycles. The van der Waals surface area contributed by atoms with E-state index >= 15 is 0 Å². The summed E-state index contributed by atoms with van der Waals surface area (Å²) < 4.78 is 34.1. The second-order valence-electron chi connectivity index (χ2n) is 0.943. The molecule has 0 aromatic rings. The number of rotatable bonds is 0. The Balaban J connectivity index is -0.0000000240. The van der Waals surface area contributed by atoms with Crippen molar-refractivity contribution in [2.24, 2.45) is 0 Å². The summed E-state index contributed by atoms with van der Waals surface area (Å²) in [5, 5.41) is 0. The molecular weight excluding hydrogens is 261 g/mol. The fraction of sp³-hybridized carbons (Fsp3) is 1.00. The van der Waals surface area contributed by atoms with Gasteiger partial charge in [-0.15, -0.1) is 23.2 Å². The molecule has 0 aliphatic heterocycles. The molecule has 4 nitrogen and oxygen atoms in total. The standard InChI is InChI=1S/2C2H5Cl.2Na.H2O4S/c2*1-2-3;;;1-5(2,3)4/h2*2H2,1H3;;;(H2,1,2,3,4)/q;;2*+1;/p-2. The van der Waals surface area contributed by atoms with Crippen LogP contribution in [0.1, 0.15) is 13.8 Å². The number of hydrogen-bond acceptors (Lipinski definition) is 4. The van der Waals surface area contributed by atoms with Gasteiger partial charge in [-0.1, -0.05) is 13.8 Å². The van der Waals surface area contributed by atoms with Crippen LogP contribution in [-0.4, -0.2) is 29.3 Å². The molecule has 0 heterocycles. The Morgan fingerprint density at radius 2 is 1.00 bits per heavy atom. The van der Waals surface area contributed by atoms with Crippen molar-refractivity contribution in [3.8, 4) is 0 Å². The van der Waals surface area contributed by atoms with E-state index < -0.39 is 10.4 Å². The largest absolute Gasteiger partial charge is 1.00 e. The average Bonchev–Trinajstić information content (AvgIpc) is 1.62. The Morgan fingerprint density at radius 1 is 1.00 bits per heavy atom. The molecule has 0 atom stereocenters. The molecule has 0 rings (SSSR count). The first-order valence-corrected chi connectivity index (χ1v) is 5.02. The maximum absolute atomic E-state index is 8.52. The Morgan fingerprint density at radius 3 is 1.00 bits per heavy atom. The van der Waals surface area contributed by atoms with Gasteiger partial charge in [-0.25, -0.2) is 0 Å². The van der Waals surface area contributed by atoms with Gasteiger partial charge in [0, 0.05) is 22.2 Å². The van der Waals surface area contributed by atoms with E-state index in [2.05, 4.69) is 0 Å². The second kappa shape index (κ2) is 23.9. The van der Waals surface area contributed by atoms with Gasteiger partial charge in [-0.3, -0.25) is 8.42 Å². The molecule has 0 N–H and O–H groups in total. The van der Waals surface area contributed by atoms with Crippen molar-refractivity contribution in [3.63, 3.8) is 0 Å². The summed E-state index contributed by atoms with van der Waals surface area (Å²) in [6, 6.07) is 0. The van der Waals surface area contributed by atoms with E-state index in [0.717, 1.165) is 11.8 Å². The van der Waals surface area contributed by atoms with Gasteiger partial charge in [0.15, 0.2) is 0 Å². The van der Waals surface area contributed by atoms with Crippen LogP contribution in [0.3, 0.4) is 0 Å². The topological polar surface area (TPSA) is 80.3 Å². The summed E-state index contributed by atoms with van der Waals surface area (Å²) in [6.07, 6.45) is 0. The summed E-state index contributed by atoms with van der Waals surface area (Å²) >= 11 is 10.00. The summed E-state index contributed by atoms with van der Waals surface area (Å²) in [5.74, 6) is 1.44. The maximum Gasteiger partial charge on any atom is 1.00 e. The molecular formula is C4H10Cl2Na2O4S. The fourth-order valence-corrected chi connectivity index (χ4v) is 0. The van der Waals surface area contributed by atoms with Crippen LogP contribution in [-0.2, 0) is 10.4 Å². The molecule has 0 unspecified atom stereocenters. The molecule has 0 aromatic carbocycles. The normalized spacial score (nSPS) is 7.23. The predicted octanol–water partition coefficient (Wildman–Crippen LogP) is -4.84. The van der Waals surface area contributed by atoms with Crippen molar-refractivity contribution in [1.29, 1.82) is 0 Å². The van der Waals surface area contributed by atoms with Crippen molar-refractivity contribution < 1.29 is 76.6 Å². The van der Waals surface area contributed by atoms with Gasteiger partial charge in [0.1, 0.15) is 0 Å². The molecule has 0 aliphatic rings. The van der Waals surface area contributed by atoms with Gasteiger partial charge in [-0.2, -0.15) is 0 Å². The zero-order chi connectivity index (χ0) is 9.91. The van der Waals surface area contributed by atoms with E-state index in [1.807, 2.05) is 13.8 Å². The first-order chi connectivity index (χ1) is 4.83. The minimum absolute atomic E-state index is 0. The minimum atomic E-state index is -5.17. The first kappa shape index (κ1) is 29.5. The van der Waals surface area contributed by atoms with Gasteiger partial charge in [0.2, 0.25) is 0 Å². The molecule has 0 radical (unpaired) electrons. The van der Waals surface area contributed by atoms with Crippen molar-refractivity contribution in [2.75, 3.05) is 11.8 Å². The zero-order valence-corrected chi connectivity index (χ0v) is 14.5. The van der Waals surface area contributed by atoms with Crippen molar-refractivity contribution in [2.45, 2.75) is 13.8 Å². The predicted molar refractivity (Wildman–Crippen MR) is 43.3 cm³/mol. The van der Waals surface area contributed by atoms with Crippen molar-refractivity contribution >= 4 is 33.6 Å². The fourth-order valence-electron chi connectivity index (χ4n) is 0. The zero-order valence-electron chi connectivity index (χ0n) is 8.21. The van der Waals surface area contributed by atoms with Crippen molar-refractivity contribution in [3.05, 3.63) is 0 Å². The molecule has 0 aromatic heterocycles. The van der Waals surface area contributed by atoms with E-state index in [0.29, 0.717) is 0 Å². The summed E-state index contributed by atoms with van der Waals surface area (Å²) in [5.41, 5.74) is 0. The monoisotopic (exact) mass is 270 g/mol. The number of halogens is 2. The summed E-state index contributed by atoms with van der Waals surface area (Å²) in [4.78, 5) is 0. The third-order valence-corrected chi connectivity index (χ3v) is 0. The van der Waals surface area contributed by atoms with Gasteiger partial charge in [0.25, 0.3) is 0 Å². The quantitative estimate of drug-likeness (QED) is 0.191. The van der Waals surface area contributed by atoms with Gasteiger partial charge in [-0.05, 0) is 0 Å². The van der Waals surface area contributed by atoms with Crippen LogP contribution in [0, 0.1) is 0 Å². The van der Waals surface area contributed by atoms with E-state index in [-0.39, 0.29) is 59.1 Å². The molecule has 0 aliphatic carbocycles. The maximum atomic E-state index is 8.52. The van der Waals surface area contributed by atoms with E-state index in [1.54, 1.807) is 0 Å². The van der Waals surface area contributed by atoms with Gasteiger partial charge in [0.05, 0.1) is 0 Å². The van der Waals surface area contributed by atoms with Crippen LogP contribution in [0.15, 0.2) is 0 Å². The van der Waals surface area contributed by atoms with E-state index in [4.69, 9.17) is 40.7 Å². The molecule has 0 fully saturated rings. The van der Waals surface area contributed by atoms with Crippen LogP contribution < -0.4 is 59.1 Å². The van der Waals surface area contributed by atoms with Crippen LogP contribution in [0.25, 0.3) is 0 Å². The van der Waals surface area contributed by atoms with Gasteiger partial charge >= 0.3 is 59.1 Å². The Kier molecular flexibility index (Phi) is 54.4. The van der Waals surface area contributed by atoms with Crippen LogP contribution in [0.5, 0.6) is 0 Å².